The van der Waals surface area contributed by atoms with E-state index in [1.54, 1.807) is 0 Å². The summed E-state index contributed by atoms with van der Waals surface area (Å²) in [6.45, 7) is 4.31. The normalized spacial score (nSPS) is 12.4. The van der Waals surface area contributed by atoms with Crippen LogP contribution in [0.2, 0.25) is 0 Å². The molecule has 3 nitrogen and oxygen atoms in total. The lowest BCUT2D eigenvalue weighted by Gasteiger charge is -2.30. The van der Waals surface area contributed by atoms with Gasteiger partial charge in [0.05, 0.1) is 6.07 Å². The van der Waals surface area contributed by atoms with Crippen molar-refractivity contribution in [3.05, 3.63) is 34.3 Å². The Balaban J connectivity index is 2.89. The summed E-state index contributed by atoms with van der Waals surface area (Å²) in [5.41, 5.74) is 7.07. The van der Waals surface area contributed by atoms with Crippen molar-refractivity contribution in [1.29, 1.82) is 5.26 Å². The second-order valence-electron chi connectivity index (χ2n) is 3.81. The molecule has 0 aromatic heterocycles. The fraction of sp³-hybridized carbons (Fsp3) is 0.462. The van der Waals surface area contributed by atoms with Gasteiger partial charge in [-0.3, -0.25) is 4.90 Å². The zero-order valence-corrected chi connectivity index (χ0v) is 11.7. The summed E-state index contributed by atoms with van der Waals surface area (Å²) >= 11 is 3.56. The molecule has 2 N–H and O–H groups in total. The van der Waals surface area contributed by atoms with Crippen molar-refractivity contribution in [3.8, 4) is 6.07 Å². The van der Waals surface area contributed by atoms with Gasteiger partial charge < -0.3 is 5.73 Å². The minimum absolute atomic E-state index is 0.170. The molecule has 0 radical (unpaired) electrons. The molecule has 0 bridgehead atoms. The largest absolute Gasteiger partial charge is 0.329 e. The van der Waals surface area contributed by atoms with Crippen molar-refractivity contribution in [2.45, 2.75) is 19.4 Å². The van der Waals surface area contributed by atoms with Crippen molar-refractivity contribution in [2.75, 3.05) is 19.6 Å². The molecule has 0 aliphatic rings. The molecular weight excluding hydrogens is 278 g/mol. The number of nitriles is 1. The maximum atomic E-state index is 8.67. The van der Waals surface area contributed by atoms with Crippen molar-refractivity contribution in [2.24, 2.45) is 5.73 Å². The number of hydrogen-bond donors (Lipinski definition) is 1. The predicted molar refractivity (Wildman–Crippen MR) is 73.4 cm³/mol. The van der Waals surface area contributed by atoms with Gasteiger partial charge in [0, 0.05) is 30.0 Å². The van der Waals surface area contributed by atoms with Crippen LogP contribution < -0.4 is 5.73 Å². The topological polar surface area (TPSA) is 53.0 Å². The van der Waals surface area contributed by atoms with E-state index in [2.05, 4.69) is 39.9 Å². The van der Waals surface area contributed by atoms with Gasteiger partial charge in [-0.15, -0.1) is 0 Å². The monoisotopic (exact) mass is 295 g/mol. The lowest BCUT2D eigenvalue weighted by Crippen LogP contribution is -2.34. The van der Waals surface area contributed by atoms with E-state index in [9.17, 15) is 0 Å². The molecule has 92 valence electrons. The van der Waals surface area contributed by atoms with Gasteiger partial charge in [-0.1, -0.05) is 41.1 Å². The van der Waals surface area contributed by atoms with E-state index >= 15 is 0 Å². The average Bonchev–Trinajstić information content (AvgIpc) is 2.36. The maximum Gasteiger partial charge on any atom is 0.0635 e. The van der Waals surface area contributed by atoms with Crippen molar-refractivity contribution in [1.82, 2.24) is 4.90 Å². The fourth-order valence-electron chi connectivity index (χ4n) is 1.95. The van der Waals surface area contributed by atoms with Crippen molar-refractivity contribution < 1.29 is 0 Å². The zero-order chi connectivity index (χ0) is 12.7. The molecule has 0 spiro atoms. The molecule has 1 aromatic rings. The van der Waals surface area contributed by atoms with Gasteiger partial charge in [-0.25, -0.2) is 0 Å². The van der Waals surface area contributed by atoms with E-state index in [1.165, 1.54) is 5.56 Å². The minimum Gasteiger partial charge on any atom is -0.329 e. The molecule has 17 heavy (non-hydrogen) atoms. The van der Waals surface area contributed by atoms with Crippen LogP contribution in [0.15, 0.2) is 28.7 Å². The fourth-order valence-corrected chi connectivity index (χ4v) is 2.50. The summed E-state index contributed by atoms with van der Waals surface area (Å²) in [6, 6.07) is 10.5. The van der Waals surface area contributed by atoms with Crippen LogP contribution in [0.5, 0.6) is 0 Å². The Morgan fingerprint density at radius 2 is 2.18 bits per heavy atom. The van der Waals surface area contributed by atoms with Crippen LogP contribution in [0.3, 0.4) is 0 Å². The van der Waals surface area contributed by atoms with E-state index < -0.39 is 0 Å². The van der Waals surface area contributed by atoms with E-state index in [4.69, 9.17) is 11.0 Å². The summed E-state index contributed by atoms with van der Waals surface area (Å²) in [5.74, 6) is 0. The van der Waals surface area contributed by atoms with Crippen LogP contribution in [0, 0.1) is 11.3 Å². The van der Waals surface area contributed by atoms with Crippen molar-refractivity contribution >= 4 is 15.9 Å². The van der Waals surface area contributed by atoms with Crippen LogP contribution in [-0.4, -0.2) is 24.5 Å². The highest BCUT2D eigenvalue weighted by atomic mass is 79.9. The van der Waals surface area contributed by atoms with Gasteiger partial charge in [0.2, 0.25) is 0 Å². The summed E-state index contributed by atoms with van der Waals surface area (Å²) in [4.78, 5) is 2.24. The first kappa shape index (κ1) is 14.2. The molecule has 4 heteroatoms. The molecule has 0 saturated carbocycles. The second kappa shape index (κ2) is 7.44. The highest BCUT2D eigenvalue weighted by Gasteiger charge is 2.19. The summed E-state index contributed by atoms with van der Waals surface area (Å²) in [6.07, 6.45) is 0.537. The SMILES string of the molecule is CCN(CCC#N)C(CN)c1ccccc1Br. The first-order valence-electron chi connectivity index (χ1n) is 5.80. The number of nitrogens with two attached hydrogens (primary N) is 1. The van der Waals surface area contributed by atoms with Crippen molar-refractivity contribution in [3.63, 3.8) is 0 Å². The number of hydrogen-bond acceptors (Lipinski definition) is 3. The Morgan fingerprint density at radius 1 is 1.47 bits per heavy atom. The Labute approximate surface area is 111 Å². The molecule has 1 unspecified atom stereocenters. The van der Waals surface area contributed by atoms with E-state index in [-0.39, 0.29) is 6.04 Å². The molecule has 0 heterocycles. The molecule has 0 saturated heterocycles. The third-order valence-electron chi connectivity index (χ3n) is 2.85. The van der Waals surface area contributed by atoms with Gasteiger partial charge in [0.1, 0.15) is 0 Å². The molecule has 1 atom stereocenters. The predicted octanol–water partition coefficient (Wildman–Crippen LogP) is 2.68. The summed E-state index contributed by atoms with van der Waals surface area (Å²) < 4.78 is 1.07. The quantitative estimate of drug-likeness (QED) is 0.878. The van der Waals surface area contributed by atoms with Crippen LogP contribution in [-0.2, 0) is 0 Å². The van der Waals surface area contributed by atoms with Crippen LogP contribution >= 0.6 is 15.9 Å². The number of halogens is 1. The average molecular weight is 296 g/mol. The summed E-state index contributed by atoms with van der Waals surface area (Å²) in [7, 11) is 0. The second-order valence-corrected chi connectivity index (χ2v) is 4.66. The Hall–Kier alpha value is -0.890. The first-order valence-corrected chi connectivity index (χ1v) is 6.59. The van der Waals surface area contributed by atoms with E-state index in [0.717, 1.165) is 17.6 Å². The Bertz CT molecular complexity index is 386. The number of nitrogens with zero attached hydrogens (tertiary/aromatic N) is 2. The third-order valence-corrected chi connectivity index (χ3v) is 3.57. The lowest BCUT2D eigenvalue weighted by molar-refractivity contribution is 0.216. The number of rotatable bonds is 6. The van der Waals surface area contributed by atoms with Gasteiger partial charge in [0.25, 0.3) is 0 Å². The number of likely N-dealkylation sites (N-methyl/N-ethyl adjacent to an activating group) is 1. The molecule has 1 rings (SSSR count). The highest BCUT2D eigenvalue weighted by molar-refractivity contribution is 9.10. The highest BCUT2D eigenvalue weighted by Crippen LogP contribution is 2.27. The van der Waals surface area contributed by atoms with E-state index in [0.29, 0.717) is 13.0 Å². The molecule has 0 aliphatic carbocycles. The van der Waals surface area contributed by atoms with Crippen LogP contribution in [0.25, 0.3) is 0 Å². The summed E-state index contributed by atoms with van der Waals surface area (Å²) in [5, 5.41) is 8.67. The smallest absolute Gasteiger partial charge is 0.0635 e. The molecule has 0 fully saturated rings. The molecular formula is C13H18BrN3. The molecule has 1 aromatic carbocycles. The van der Waals surface area contributed by atoms with Gasteiger partial charge in [-0.05, 0) is 18.2 Å². The molecule has 0 aliphatic heterocycles. The Morgan fingerprint density at radius 3 is 2.71 bits per heavy atom. The standard InChI is InChI=1S/C13H18BrN3/c1-2-17(9-5-8-15)13(10-16)11-6-3-4-7-12(11)14/h3-4,6-7,13H,2,5,9-10,16H2,1H3. The third kappa shape index (κ3) is 3.81. The maximum absolute atomic E-state index is 8.67. The van der Waals surface area contributed by atoms with Gasteiger partial charge in [0.15, 0.2) is 0 Å². The molecule has 0 amide bonds. The van der Waals surface area contributed by atoms with E-state index in [1.807, 2.05) is 18.2 Å². The minimum atomic E-state index is 0.170. The number of benzene rings is 1. The van der Waals surface area contributed by atoms with Crippen LogP contribution in [0.1, 0.15) is 24.9 Å². The van der Waals surface area contributed by atoms with Gasteiger partial charge >= 0.3 is 0 Å². The first-order chi connectivity index (χ1) is 8.24. The Kier molecular flexibility index (Phi) is 6.20. The lowest BCUT2D eigenvalue weighted by atomic mass is 10.1. The van der Waals surface area contributed by atoms with Crippen LogP contribution in [0.4, 0.5) is 0 Å². The zero-order valence-electron chi connectivity index (χ0n) is 10.1. The van der Waals surface area contributed by atoms with Gasteiger partial charge in [-0.2, -0.15) is 5.26 Å².